The Kier molecular flexibility index (Phi) is 6.81. The Morgan fingerprint density at radius 1 is 1.09 bits per heavy atom. The third kappa shape index (κ3) is 4.74. The van der Waals surface area contributed by atoms with Crippen LogP contribution in [0, 0.1) is 17.0 Å². The second-order valence-electron chi connectivity index (χ2n) is 6.86. The number of anilines is 2. The zero-order valence-electron chi connectivity index (χ0n) is 17.3. The number of nitrogens with zero attached hydrogens (tertiary/aromatic N) is 2. The van der Waals surface area contributed by atoms with Gasteiger partial charge in [0, 0.05) is 23.9 Å². The summed E-state index contributed by atoms with van der Waals surface area (Å²) >= 11 is 6.17. The molecule has 0 spiro atoms. The number of carbonyl (C=O) groups is 1. The fourth-order valence-corrected chi connectivity index (χ4v) is 4.84. The Labute approximate surface area is 190 Å². The van der Waals surface area contributed by atoms with Crippen LogP contribution in [-0.4, -0.2) is 25.8 Å². The summed E-state index contributed by atoms with van der Waals surface area (Å²) in [4.78, 5) is 23.3. The van der Waals surface area contributed by atoms with Crippen LogP contribution in [0.4, 0.5) is 17.1 Å². The van der Waals surface area contributed by atoms with Crippen LogP contribution in [0.3, 0.4) is 0 Å². The first-order chi connectivity index (χ1) is 15.1. The van der Waals surface area contributed by atoms with Gasteiger partial charge in [-0.2, -0.15) is 0 Å². The van der Waals surface area contributed by atoms with Crippen LogP contribution < -0.4 is 9.62 Å². The largest absolute Gasteiger partial charge is 0.322 e. The zero-order chi connectivity index (χ0) is 23.5. The van der Waals surface area contributed by atoms with E-state index in [4.69, 9.17) is 11.6 Å². The first kappa shape index (κ1) is 23.2. The molecule has 0 fully saturated rings. The number of amides is 1. The molecule has 0 aliphatic rings. The van der Waals surface area contributed by atoms with Crippen molar-refractivity contribution < 1.29 is 18.1 Å². The highest BCUT2D eigenvalue weighted by atomic mass is 35.5. The topological polar surface area (TPSA) is 110 Å². The maximum atomic E-state index is 13.2. The Hall–Kier alpha value is -3.43. The van der Waals surface area contributed by atoms with Crippen molar-refractivity contribution in [3.8, 4) is 0 Å². The smallest absolute Gasteiger partial charge is 0.274 e. The average molecular weight is 474 g/mol. The number of nitro benzene ring substituents is 1. The van der Waals surface area contributed by atoms with E-state index in [1.807, 2.05) is 0 Å². The summed E-state index contributed by atoms with van der Waals surface area (Å²) < 4.78 is 27.7. The van der Waals surface area contributed by atoms with Crippen molar-refractivity contribution in [1.82, 2.24) is 0 Å². The fraction of sp³-hybridized carbons (Fsp3) is 0.136. The van der Waals surface area contributed by atoms with Crippen LogP contribution in [0.5, 0.6) is 0 Å². The van der Waals surface area contributed by atoms with Crippen LogP contribution in [0.2, 0.25) is 5.02 Å². The number of para-hydroxylation sites is 1. The van der Waals surface area contributed by atoms with Crippen molar-refractivity contribution in [1.29, 1.82) is 0 Å². The molecule has 0 saturated carbocycles. The van der Waals surface area contributed by atoms with Gasteiger partial charge in [-0.15, -0.1) is 0 Å². The monoisotopic (exact) mass is 473 g/mol. The Morgan fingerprint density at radius 2 is 1.78 bits per heavy atom. The molecule has 0 heterocycles. The zero-order valence-corrected chi connectivity index (χ0v) is 18.9. The molecule has 3 rings (SSSR count). The SMILES string of the molecule is CCN(c1ccccc1)S(=O)(=O)c1ccc(Cl)c(C(=O)Nc2ccc(C)c([N+](=O)[O-])c2)c1. The van der Waals surface area contributed by atoms with Crippen LogP contribution in [0.15, 0.2) is 71.6 Å². The molecular formula is C22H20ClN3O5S. The van der Waals surface area contributed by atoms with Gasteiger partial charge in [0.25, 0.3) is 21.6 Å². The minimum atomic E-state index is -3.97. The number of nitrogens with one attached hydrogen (secondary N) is 1. The van der Waals surface area contributed by atoms with Crippen molar-refractivity contribution in [2.75, 3.05) is 16.2 Å². The maximum Gasteiger partial charge on any atom is 0.274 e. The number of carbonyl (C=O) groups excluding carboxylic acids is 1. The second kappa shape index (κ2) is 9.37. The lowest BCUT2D eigenvalue weighted by Crippen LogP contribution is -2.31. The van der Waals surface area contributed by atoms with Gasteiger partial charge in [0.05, 0.1) is 26.1 Å². The summed E-state index contributed by atoms with van der Waals surface area (Å²) in [5, 5.41) is 13.7. The molecular weight excluding hydrogens is 454 g/mol. The molecule has 0 bridgehead atoms. The molecule has 3 aromatic carbocycles. The van der Waals surface area contributed by atoms with E-state index in [1.165, 1.54) is 40.7 Å². The number of sulfonamides is 1. The van der Waals surface area contributed by atoms with E-state index in [1.54, 1.807) is 44.2 Å². The molecule has 0 aliphatic carbocycles. The summed E-state index contributed by atoms with van der Waals surface area (Å²) in [6.07, 6.45) is 0. The van der Waals surface area contributed by atoms with Crippen molar-refractivity contribution >= 4 is 44.6 Å². The number of rotatable bonds is 7. The normalized spacial score (nSPS) is 11.1. The van der Waals surface area contributed by atoms with Crippen molar-refractivity contribution in [2.24, 2.45) is 0 Å². The highest BCUT2D eigenvalue weighted by molar-refractivity contribution is 7.92. The van der Waals surface area contributed by atoms with E-state index in [2.05, 4.69) is 5.32 Å². The predicted octanol–water partition coefficient (Wildman–Crippen LogP) is 5.02. The van der Waals surface area contributed by atoms with Crippen LogP contribution in [-0.2, 0) is 10.0 Å². The van der Waals surface area contributed by atoms with E-state index in [-0.39, 0.29) is 33.4 Å². The van der Waals surface area contributed by atoms with Gasteiger partial charge in [-0.05, 0) is 50.2 Å². The van der Waals surface area contributed by atoms with Gasteiger partial charge >= 0.3 is 0 Å². The van der Waals surface area contributed by atoms with E-state index in [0.717, 1.165) is 0 Å². The van der Waals surface area contributed by atoms with Gasteiger partial charge in [0.1, 0.15) is 0 Å². The average Bonchev–Trinajstić information content (AvgIpc) is 2.76. The van der Waals surface area contributed by atoms with Gasteiger partial charge in [0.2, 0.25) is 0 Å². The van der Waals surface area contributed by atoms with Gasteiger partial charge in [-0.25, -0.2) is 8.42 Å². The molecule has 32 heavy (non-hydrogen) atoms. The first-order valence-electron chi connectivity index (χ1n) is 9.59. The molecule has 0 aliphatic heterocycles. The van der Waals surface area contributed by atoms with Gasteiger partial charge < -0.3 is 5.32 Å². The maximum absolute atomic E-state index is 13.2. The molecule has 0 atom stereocenters. The summed E-state index contributed by atoms with van der Waals surface area (Å²) in [5.41, 5.74) is 0.908. The van der Waals surface area contributed by atoms with Gasteiger partial charge in [0.15, 0.2) is 0 Å². The molecule has 3 aromatic rings. The van der Waals surface area contributed by atoms with Crippen LogP contribution >= 0.6 is 11.6 Å². The third-order valence-corrected chi connectivity index (χ3v) is 6.99. The summed E-state index contributed by atoms with van der Waals surface area (Å²) in [7, 11) is -3.97. The molecule has 0 unspecified atom stereocenters. The van der Waals surface area contributed by atoms with E-state index >= 15 is 0 Å². The first-order valence-corrected chi connectivity index (χ1v) is 11.4. The number of halogens is 1. The number of aryl methyl sites for hydroxylation is 1. The molecule has 0 saturated heterocycles. The quantitative estimate of drug-likeness (QED) is 0.382. The fourth-order valence-electron chi connectivity index (χ4n) is 3.13. The Bertz CT molecular complexity index is 1280. The highest BCUT2D eigenvalue weighted by Crippen LogP contribution is 2.28. The molecule has 1 N–H and O–H groups in total. The van der Waals surface area contributed by atoms with Crippen LogP contribution in [0.25, 0.3) is 0 Å². The molecule has 8 nitrogen and oxygen atoms in total. The highest BCUT2D eigenvalue weighted by Gasteiger charge is 2.25. The molecule has 10 heteroatoms. The van der Waals surface area contributed by atoms with Crippen molar-refractivity contribution in [3.05, 3.63) is 93.0 Å². The third-order valence-electron chi connectivity index (χ3n) is 4.77. The number of hydrogen-bond donors (Lipinski definition) is 1. The lowest BCUT2D eigenvalue weighted by atomic mass is 10.1. The Morgan fingerprint density at radius 3 is 2.41 bits per heavy atom. The summed E-state index contributed by atoms with van der Waals surface area (Å²) in [6.45, 7) is 3.48. The molecule has 166 valence electrons. The van der Waals surface area contributed by atoms with E-state index in [0.29, 0.717) is 11.3 Å². The standard InChI is InChI=1S/C22H20ClN3O5S/c1-3-25(17-7-5-4-6-8-17)32(30,31)18-11-12-20(23)19(14-18)22(27)24-16-10-9-15(2)21(13-16)26(28)29/h4-14H,3H2,1-2H3,(H,24,27). The van der Waals surface area contributed by atoms with E-state index in [9.17, 15) is 23.3 Å². The number of benzene rings is 3. The lowest BCUT2D eigenvalue weighted by molar-refractivity contribution is -0.385. The number of hydrogen-bond acceptors (Lipinski definition) is 5. The van der Waals surface area contributed by atoms with E-state index < -0.39 is 20.9 Å². The molecule has 0 aromatic heterocycles. The van der Waals surface area contributed by atoms with Gasteiger partial charge in [-0.3, -0.25) is 19.2 Å². The predicted molar refractivity (Wildman–Crippen MR) is 124 cm³/mol. The number of nitro groups is 1. The molecule has 0 radical (unpaired) electrons. The van der Waals surface area contributed by atoms with Gasteiger partial charge in [-0.1, -0.05) is 35.9 Å². The van der Waals surface area contributed by atoms with Crippen LogP contribution in [0.1, 0.15) is 22.8 Å². The van der Waals surface area contributed by atoms with Crippen molar-refractivity contribution in [3.63, 3.8) is 0 Å². The molecule has 1 amide bonds. The second-order valence-corrected chi connectivity index (χ2v) is 9.13. The van der Waals surface area contributed by atoms with Crippen molar-refractivity contribution in [2.45, 2.75) is 18.7 Å². The summed E-state index contributed by atoms with van der Waals surface area (Å²) in [6, 6.07) is 16.7. The minimum absolute atomic E-state index is 0.0471. The Balaban J connectivity index is 1.96. The minimum Gasteiger partial charge on any atom is -0.322 e. The summed E-state index contributed by atoms with van der Waals surface area (Å²) in [5.74, 6) is -0.687. The lowest BCUT2D eigenvalue weighted by Gasteiger charge is -2.23.